The van der Waals surface area contributed by atoms with E-state index in [1.807, 2.05) is 38.1 Å². The Hall–Kier alpha value is -2.93. The third kappa shape index (κ3) is 3.25. The molecular formula is C22H24FN3O3. The Morgan fingerprint density at radius 3 is 2.52 bits per heavy atom. The fraction of sp³-hybridized carbons (Fsp3) is 0.364. The van der Waals surface area contributed by atoms with Crippen LogP contribution in [0, 0.1) is 5.82 Å². The van der Waals surface area contributed by atoms with E-state index in [0.29, 0.717) is 12.1 Å². The maximum atomic E-state index is 13.3. The van der Waals surface area contributed by atoms with E-state index in [1.54, 1.807) is 9.80 Å². The molecule has 0 radical (unpaired) electrons. The number of nitrogens with one attached hydrogen (secondary N) is 1. The number of aliphatic hydroxyl groups excluding tert-OH is 1. The molecule has 2 aliphatic rings. The van der Waals surface area contributed by atoms with Crippen molar-refractivity contribution in [2.45, 2.75) is 37.9 Å². The predicted octanol–water partition coefficient (Wildman–Crippen LogP) is 2.73. The number of urea groups is 1. The van der Waals surface area contributed by atoms with Crippen LogP contribution in [0.1, 0.15) is 35.7 Å². The third-order valence-electron chi connectivity index (χ3n) is 5.67. The number of aliphatic hydroxyl groups is 1. The first-order chi connectivity index (χ1) is 13.9. The Labute approximate surface area is 168 Å². The summed E-state index contributed by atoms with van der Waals surface area (Å²) in [6, 6.07) is 12.1. The van der Waals surface area contributed by atoms with Crippen molar-refractivity contribution in [3.05, 3.63) is 65.5 Å². The molecule has 0 aromatic heterocycles. The molecule has 2 heterocycles. The minimum Gasteiger partial charge on any atom is -0.394 e. The topological polar surface area (TPSA) is 72.9 Å². The lowest BCUT2D eigenvalue weighted by Gasteiger charge is -2.58. The lowest BCUT2D eigenvalue weighted by Crippen LogP contribution is -2.71. The second-order valence-electron chi connectivity index (χ2n) is 7.84. The van der Waals surface area contributed by atoms with Crippen LogP contribution in [-0.4, -0.2) is 53.2 Å². The van der Waals surface area contributed by atoms with Gasteiger partial charge in [0.2, 0.25) is 0 Å². The van der Waals surface area contributed by atoms with Crippen molar-refractivity contribution in [1.29, 1.82) is 0 Å². The van der Waals surface area contributed by atoms with Crippen molar-refractivity contribution < 1.29 is 19.1 Å². The molecule has 0 bridgehead atoms. The van der Waals surface area contributed by atoms with Crippen LogP contribution in [0.2, 0.25) is 0 Å². The Kier molecular flexibility index (Phi) is 5.00. The number of anilines is 1. The molecule has 4 rings (SSSR count). The van der Waals surface area contributed by atoms with Crippen LogP contribution in [0.3, 0.4) is 0 Å². The van der Waals surface area contributed by atoms with Gasteiger partial charge in [-0.3, -0.25) is 9.69 Å². The third-order valence-corrected chi connectivity index (χ3v) is 5.67. The summed E-state index contributed by atoms with van der Waals surface area (Å²) >= 11 is 0. The van der Waals surface area contributed by atoms with Gasteiger partial charge >= 0.3 is 6.03 Å². The molecule has 1 fully saturated rings. The quantitative estimate of drug-likeness (QED) is 0.837. The molecule has 3 amide bonds. The van der Waals surface area contributed by atoms with Crippen LogP contribution in [0.5, 0.6) is 0 Å². The summed E-state index contributed by atoms with van der Waals surface area (Å²) in [7, 11) is 0. The van der Waals surface area contributed by atoms with E-state index in [9.17, 15) is 19.1 Å². The first-order valence-corrected chi connectivity index (χ1v) is 9.78. The van der Waals surface area contributed by atoms with Gasteiger partial charge in [-0.05, 0) is 49.7 Å². The molecular weight excluding hydrogens is 373 g/mol. The zero-order valence-electron chi connectivity index (χ0n) is 16.4. The van der Waals surface area contributed by atoms with E-state index in [1.165, 1.54) is 24.3 Å². The van der Waals surface area contributed by atoms with Crippen molar-refractivity contribution in [3.63, 3.8) is 0 Å². The smallest absolute Gasteiger partial charge is 0.322 e. The number of hydrogen-bond acceptors (Lipinski definition) is 3. The second-order valence-corrected chi connectivity index (χ2v) is 7.84. The Balaban J connectivity index is 1.68. The van der Waals surface area contributed by atoms with Gasteiger partial charge in [-0.15, -0.1) is 0 Å². The minimum atomic E-state index is -0.412. The Bertz CT molecular complexity index is 931. The highest BCUT2D eigenvalue weighted by Gasteiger charge is 2.55. The molecule has 0 spiro atoms. The molecule has 2 aromatic carbocycles. The number of para-hydroxylation sites is 1. The molecule has 2 aromatic rings. The maximum absolute atomic E-state index is 13.3. The summed E-state index contributed by atoms with van der Waals surface area (Å²) < 4.78 is 13.3. The fourth-order valence-electron chi connectivity index (χ4n) is 4.43. The summed E-state index contributed by atoms with van der Waals surface area (Å²) in [4.78, 5) is 29.2. The second kappa shape index (κ2) is 7.48. The molecule has 29 heavy (non-hydrogen) atoms. The van der Waals surface area contributed by atoms with Crippen LogP contribution in [0.15, 0.2) is 48.5 Å². The average molecular weight is 397 g/mol. The number of fused-ring (bicyclic) bond motifs is 3. The highest BCUT2D eigenvalue weighted by Crippen LogP contribution is 2.48. The van der Waals surface area contributed by atoms with E-state index in [4.69, 9.17) is 0 Å². The summed E-state index contributed by atoms with van der Waals surface area (Å²) in [5, 5.41) is 12.9. The van der Waals surface area contributed by atoms with Gasteiger partial charge in [0.25, 0.3) is 5.91 Å². The van der Waals surface area contributed by atoms with Crippen molar-refractivity contribution in [2.75, 3.05) is 18.1 Å². The van der Waals surface area contributed by atoms with E-state index in [0.717, 1.165) is 11.3 Å². The highest BCUT2D eigenvalue weighted by molar-refractivity contribution is 5.98. The van der Waals surface area contributed by atoms with Gasteiger partial charge in [0.05, 0.1) is 18.7 Å². The van der Waals surface area contributed by atoms with Gasteiger partial charge in [-0.1, -0.05) is 18.2 Å². The molecule has 2 N–H and O–H groups in total. The normalized spacial score (nSPS) is 22.6. The molecule has 3 atom stereocenters. The lowest BCUT2D eigenvalue weighted by molar-refractivity contribution is -0.0242. The Morgan fingerprint density at radius 1 is 1.17 bits per heavy atom. The van der Waals surface area contributed by atoms with Crippen LogP contribution in [-0.2, 0) is 0 Å². The standard InChI is InChI=1S/C22H24FN3O3/c1-13(2)24-22(29)25-11-18-20(16-5-3-4-6-17(16)25)19(12-27)26(18)21(28)14-7-9-15(23)10-8-14/h3-10,13,18-20,27H,11-12H2,1-2H3,(H,24,29)/t18-,19+,20+/m0/s1. The molecule has 6 nitrogen and oxygen atoms in total. The van der Waals surface area contributed by atoms with Gasteiger partial charge in [-0.25, -0.2) is 9.18 Å². The van der Waals surface area contributed by atoms with Crippen LogP contribution in [0.4, 0.5) is 14.9 Å². The summed E-state index contributed by atoms with van der Waals surface area (Å²) in [5.74, 6) is -0.734. The van der Waals surface area contributed by atoms with E-state index in [2.05, 4.69) is 5.32 Å². The van der Waals surface area contributed by atoms with Gasteiger partial charge in [0.15, 0.2) is 0 Å². The van der Waals surface area contributed by atoms with E-state index >= 15 is 0 Å². The molecule has 7 heteroatoms. The number of rotatable bonds is 3. The SMILES string of the molecule is CC(C)NC(=O)N1C[C@H]2[C@@H](c3ccccc31)[C@@H](CO)N2C(=O)c1ccc(F)cc1. The molecule has 152 valence electrons. The summed E-state index contributed by atoms with van der Waals surface area (Å²) in [6.07, 6.45) is 0. The number of hydrogen-bond donors (Lipinski definition) is 2. The number of amides is 3. The molecule has 2 aliphatic heterocycles. The summed E-state index contributed by atoms with van der Waals surface area (Å²) in [5.41, 5.74) is 2.12. The number of nitrogens with zero attached hydrogens (tertiary/aromatic N) is 2. The number of likely N-dealkylation sites (tertiary alicyclic amines) is 1. The van der Waals surface area contributed by atoms with Crippen LogP contribution < -0.4 is 10.2 Å². The molecule has 0 saturated carbocycles. The fourth-order valence-corrected chi connectivity index (χ4v) is 4.43. The molecule has 1 saturated heterocycles. The number of carbonyl (C=O) groups is 2. The van der Waals surface area contributed by atoms with Crippen molar-refractivity contribution in [2.24, 2.45) is 0 Å². The van der Waals surface area contributed by atoms with E-state index in [-0.39, 0.29) is 42.6 Å². The number of halogens is 1. The largest absolute Gasteiger partial charge is 0.394 e. The predicted molar refractivity (Wildman–Crippen MR) is 107 cm³/mol. The number of carbonyl (C=O) groups excluding carboxylic acids is 2. The highest BCUT2D eigenvalue weighted by atomic mass is 19.1. The van der Waals surface area contributed by atoms with Gasteiger partial charge in [-0.2, -0.15) is 0 Å². The van der Waals surface area contributed by atoms with Gasteiger partial charge in [0, 0.05) is 29.8 Å². The van der Waals surface area contributed by atoms with Gasteiger partial charge < -0.3 is 15.3 Å². The molecule has 0 unspecified atom stereocenters. The average Bonchev–Trinajstić information content (AvgIpc) is 2.68. The summed E-state index contributed by atoms with van der Waals surface area (Å²) in [6.45, 7) is 3.95. The van der Waals surface area contributed by atoms with Crippen LogP contribution in [0.25, 0.3) is 0 Å². The first kappa shape index (κ1) is 19.4. The monoisotopic (exact) mass is 397 g/mol. The van der Waals surface area contributed by atoms with Gasteiger partial charge in [0.1, 0.15) is 5.82 Å². The van der Waals surface area contributed by atoms with Crippen molar-refractivity contribution >= 4 is 17.6 Å². The number of benzene rings is 2. The first-order valence-electron chi connectivity index (χ1n) is 9.78. The van der Waals surface area contributed by atoms with Crippen molar-refractivity contribution in [1.82, 2.24) is 10.2 Å². The Morgan fingerprint density at radius 2 is 1.86 bits per heavy atom. The maximum Gasteiger partial charge on any atom is 0.322 e. The minimum absolute atomic E-state index is 0.0177. The van der Waals surface area contributed by atoms with Crippen LogP contribution >= 0.6 is 0 Å². The molecule has 0 aliphatic carbocycles. The lowest BCUT2D eigenvalue weighted by atomic mass is 9.71. The van der Waals surface area contributed by atoms with Crippen molar-refractivity contribution in [3.8, 4) is 0 Å². The zero-order chi connectivity index (χ0) is 20.7. The zero-order valence-corrected chi connectivity index (χ0v) is 16.4. The van der Waals surface area contributed by atoms with E-state index < -0.39 is 5.82 Å².